The number of hydrogen-bond donors (Lipinski definition) is 0. The molecule has 2 rings (SSSR count). The van der Waals surface area contributed by atoms with Crippen LogP contribution in [0.4, 0.5) is 0 Å². The van der Waals surface area contributed by atoms with Crippen molar-refractivity contribution in [1.82, 2.24) is 4.98 Å². The lowest BCUT2D eigenvalue weighted by atomic mass is 10.2. The molecule has 1 aromatic heterocycles. The fourth-order valence-corrected chi connectivity index (χ4v) is 2.84. The molecular formula is C8H13NOSi. The van der Waals surface area contributed by atoms with E-state index in [0.29, 0.717) is 5.92 Å². The molecule has 0 radical (unpaired) electrons. The Morgan fingerprint density at radius 1 is 1.55 bits per heavy atom. The monoisotopic (exact) mass is 167 g/mol. The maximum atomic E-state index is 5.62. The molecular weight excluding hydrogens is 154 g/mol. The molecule has 60 valence electrons. The summed E-state index contributed by atoms with van der Waals surface area (Å²) in [5.41, 5.74) is 1.09. The maximum absolute atomic E-state index is 5.62. The molecule has 1 aromatic rings. The van der Waals surface area contributed by atoms with Crippen LogP contribution in [-0.2, 0) is 0 Å². The van der Waals surface area contributed by atoms with Crippen molar-refractivity contribution in [2.45, 2.75) is 31.9 Å². The van der Waals surface area contributed by atoms with E-state index in [0.717, 1.165) is 11.3 Å². The number of oxazole rings is 1. The summed E-state index contributed by atoms with van der Waals surface area (Å²) in [6.45, 7) is 4.28. The number of nitrogens with zero attached hydrogens (tertiary/aromatic N) is 1. The first-order valence-corrected chi connectivity index (χ1v) is 6.44. The van der Waals surface area contributed by atoms with Crippen LogP contribution >= 0.6 is 0 Å². The Hall–Kier alpha value is -0.573. The summed E-state index contributed by atoms with van der Waals surface area (Å²) in [6, 6.07) is 2.80. The van der Waals surface area contributed by atoms with Crippen LogP contribution in [0.25, 0.3) is 0 Å². The zero-order valence-corrected chi connectivity index (χ0v) is 8.16. The van der Waals surface area contributed by atoms with E-state index in [1.807, 2.05) is 6.20 Å². The molecule has 0 unspecified atom stereocenters. The van der Waals surface area contributed by atoms with E-state index >= 15 is 0 Å². The number of rotatable bonds is 2. The lowest BCUT2D eigenvalue weighted by Crippen LogP contribution is -2.14. The molecule has 1 aliphatic rings. The van der Waals surface area contributed by atoms with Crippen LogP contribution in [0.15, 0.2) is 10.6 Å². The summed E-state index contributed by atoms with van der Waals surface area (Å²) < 4.78 is 5.62. The SMILES string of the molecule is CC(C)c1cnc([SiH]2CC2)o1. The predicted molar refractivity (Wildman–Crippen MR) is 47.0 cm³/mol. The highest BCUT2D eigenvalue weighted by atomic mass is 28.3. The number of aromatic nitrogens is 1. The molecule has 0 amide bonds. The maximum Gasteiger partial charge on any atom is 0.162 e. The molecule has 0 N–H and O–H groups in total. The van der Waals surface area contributed by atoms with Gasteiger partial charge in [-0.2, -0.15) is 0 Å². The van der Waals surface area contributed by atoms with E-state index in [9.17, 15) is 0 Å². The van der Waals surface area contributed by atoms with Crippen molar-refractivity contribution in [2.24, 2.45) is 0 Å². The Morgan fingerprint density at radius 2 is 2.27 bits per heavy atom. The minimum Gasteiger partial charge on any atom is -0.451 e. The molecule has 1 fully saturated rings. The van der Waals surface area contributed by atoms with E-state index in [2.05, 4.69) is 18.8 Å². The first-order chi connectivity index (χ1) is 5.27. The molecule has 0 aliphatic carbocycles. The van der Waals surface area contributed by atoms with Crippen LogP contribution in [0.5, 0.6) is 0 Å². The van der Waals surface area contributed by atoms with Crippen LogP contribution in [-0.4, -0.2) is 13.8 Å². The largest absolute Gasteiger partial charge is 0.451 e. The van der Waals surface area contributed by atoms with Crippen molar-refractivity contribution in [2.75, 3.05) is 0 Å². The van der Waals surface area contributed by atoms with Crippen molar-refractivity contribution < 1.29 is 4.42 Å². The van der Waals surface area contributed by atoms with Crippen LogP contribution in [0.1, 0.15) is 25.5 Å². The van der Waals surface area contributed by atoms with Gasteiger partial charge in [0.25, 0.3) is 0 Å². The smallest absolute Gasteiger partial charge is 0.162 e. The Balaban J connectivity index is 2.18. The fourth-order valence-electron chi connectivity index (χ4n) is 1.09. The summed E-state index contributed by atoms with van der Waals surface area (Å²) in [6.07, 6.45) is 1.89. The highest BCUT2D eigenvalue weighted by Crippen LogP contribution is 2.22. The van der Waals surface area contributed by atoms with Crippen LogP contribution in [0, 0.1) is 0 Å². The standard InChI is InChI=1S/C8H13NOSi/c1-6(2)7-5-9-8(10-7)11-3-4-11/h5-6,11H,3-4H2,1-2H3. The van der Waals surface area contributed by atoms with E-state index in [1.54, 1.807) is 0 Å². The summed E-state index contributed by atoms with van der Waals surface area (Å²) in [5, 5.41) is 0. The van der Waals surface area contributed by atoms with Crippen LogP contribution < -0.4 is 5.51 Å². The topological polar surface area (TPSA) is 26.0 Å². The van der Waals surface area contributed by atoms with Gasteiger partial charge in [0.1, 0.15) is 14.6 Å². The first-order valence-electron chi connectivity index (χ1n) is 4.23. The molecule has 0 atom stereocenters. The second-order valence-electron chi connectivity index (χ2n) is 3.53. The molecule has 0 bridgehead atoms. The van der Waals surface area contributed by atoms with Gasteiger partial charge in [-0.1, -0.05) is 25.9 Å². The summed E-state index contributed by atoms with van der Waals surface area (Å²) in [4.78, 5) is 4.29. The van der Waals surface area contributed by atoms with Gasteiger partial charge < -0.3 is 4.42 Å². The third-order valence-corrected chi connectivity index (χ3v) is 4.16. The Kier molecular flexibility index (Phi) is 1.60. The lowest BCUT2D eigenvalue weighted by molar-refractivity contribution is 0.508. The normalized spacial score (nSPS) is 17.7. The van der Waals surface area contributed by atoms with Crippen molar-refractivity contribution in [3.05, 3.63) is 12.0 Å². The molecule has 1 aliphatic heterocycles. The van der Waals surface area contributed by atoms with E-state index in [1.165, 1.54) is 12.1 Å². The van der Waals surface area contributed by atoms with Gasteiger partial charge in [-0.05, 0) is 0 Å². The Labute approximate surface area is 68.2 Å². The minimum absolute atomic E-state index is 0.490. The summed E-state index contributed by atoms with van der Waals surface area (Å²) in [5.74, 6) is 1.54. The molecule has 1 saturated heterocycles. The average molecular weight is 167 g/mol. The lowest BCUT2D eigenvalue weighted by Gasteiger charge is -1.95. The van der Waals surface area contributed by atoms with Crippen molar-refractivity contribution in [1.29, 1.82) is 0 Å². The summed E-state index contributed by atoms with van der Waals surface area (Å²) >= 11 is 0. The molecule has 11 heavy (non-hydrogen) atoms. The van der Waals surface area contributed by atoms with E-state index in [-0.39, 0.29) is 0 Å². The average Bonchev–Trinajstić information content (AvgIpc) is 2.68. The van der Waals surface area contributed by atoms with E-state index < -0.39 is 8.80 Å². The second kappa shape index (κ2) is 2.48. The van der Waals surface area contributed by atoms with Crippen LogP contribution in [0.2, 0.25) is 12.1 Å². The van der Waals surface area contributed by atoms with Crippen molar-refractivity contribution in [3.63, 3.8) is 0 Å². The molecule has 0 saturated carbocycles. The third kappa shape index (κ3) is 1.38. The zero-order valence-electron chi connectivity index (χ0n) is 7.00. The van der Waals surface area contributed by atoms with Gasteiger partial charge in [-0.25, -0.2) is 4.98 Å². The highest BCUT2D eigenvalue weighted by molar-refractivity contribution is 6.80. The third-order valence-electron chi connectivity index (χ3n) is 2.04. The van der Waals surface area contributed by atoms with Gasteiger partial charge in [-0.15, -0.1) is 0 Å². The first kappa shape index (κ1) is 7.10. The highest BCUT2D eigenvalue weighted by Gasteiger charge is 2.31. The fraction of sp³-hybridized carbons (Fsp3) is 0.625. The Bertz CT molecular complexity index is 236. The number of hydrogen-bond acceptors (Lipinski definition) is 2. The molecule has 2 nitrogen and oxygen atoms in total. The van der Waals surface area contributed by atoms with Crippen molar-refractivity contribution >= 4 is 14.3 Å². The molecule has 0 aromatic carbocycles. The quantitative estimate of drug-likeness (QED) is 0.619. The Morgan fingerprint density at radius 3 is 2.73 bits per heavy atom. The van der Waals surface area contributed by atoms with E-state index in [4.69, 9.17) is 4.42 Å². The van der Waals surface area contributed by atoms with Gasteiger partial charge in [-0.3, -0.25) is 0 Å². The molecule has 3 heteroatoms. The van der Waals surface area contributed by atoms with Gasteiger partial charge in [0.05, 0.1) is 6.20 Å². The summed E-state index contributed by atoms with van der Waals surface area (Å²) in [7, 11) is -0.577. The minimum atomic E-state index is -0.577. The van der Waals surface area contributed by atoms with Gasteiger partial charge >= 0.3 is 0 Å². The molecule has 2 heterocycles. The van der Waals surface area contributed by atoms with Crippen molar-refractivity contribution in [3.8, 4) is 0 Å². The van der Waals surface area contributed by atoms with Gasteiger partial charge in [0, 0.05) is 5.92 Å². The van der Waals surface area contributed by atoms with Gasteiger partial charge in [0.15, 0.2) is 5.51 Å². The molecule has 0 spiro atoms. The van der Waals surface area contributed by atoms with Gasteiger partial charge in [0.2, 0.25) is 0 Å². The zero-order chi connectivity index (χ0) is 7.84. The van der Waals surface area contributed by atoms with Crippen LogP contribution in [0.3, 0.4) is 0 Å². The predicted octanol–water partition coefficient (Wildman–Crippen LogP) is 1.25. The second-order valence-corrected chi connectivity index (χ2v) is 6.57.